The summed E-state index contributed by atoms with van der Waals surface area (Å²) in [7, 11) is 1.63. The van der Waals surface area contributed by atoms with Crippen LogP contribution in [0.3, 0.4) is 0 Å². The molecule has 106 valence electrons. The van der Waals surface area contributed by atoms with Crippen molar-refractivity contribution in [3.8, 4) is 5.75 Å². The third kappa shape index (κ3) is 3.23. The lowest BCUT2D eigenvalue weighted by molar-refractivity contribution is 0.416. The van der Waals surface area contributed by atoms with E-state index in [0.29, 0.717) is 0 Å². The van der Waals surface area contributed by atoms with E-state index in [4.69, 9.17) is 16.3 Å². The summed E-state index contributed by atoms with van der Waals surface area (Å²) in [5.74, 6) is 0.353. The molecule has 0 amide bonds. The molecule has 0 aliphatic heterocycles. The Morgan fingerprint density at radius 2 is 1.95 bits per heavy atom. The second-order valence-corrected chi connectivity index (χ2v) is 5.15. The Labute approximate surface area is 123 Å². The first-order valence-corrected chi connectivity index (χ1v) is 6.75. The quantitative estimate of drug-likeness (QED) is 0.859. The van der Waals surface area contributed by atoms with Crippen LogP contribution in [0.2, 0.25) is 5.02 Å². The molecule has 0 saturated heterocycles. The van der Waals surface area contributed by atoms with Crippen LogP contribution in [0, 0.1) is 12.7 Å². The van der Waals surface area contributed by atoms with Crippen LogP contribution in [-0.4, -0.2) is 7.11 Å². The molecule has 1 N–H and O–H groups in total. The van der Waals surface area contributed by atoms with E-state index < -0.39 is 5.82 Å². The molecule has 2 rings (SSSR count). The van der Waals surface area contributed by atoms with Gasteiger partial charge in [0.1, 0.15) is 11.6 Å². The molecule has 0 bridgehead atoms. The predicted octanol–water partition coefficient (Wildman–Crippen LogP) is 4.97. The van der Waals surface area contributed by atoms with Crippen molar-refractivity contribution in [3.05, 3.63) is 58.4 Å². The second-order valence-electron chi connectivity index (χ2n) is 4.74. The standard InChI is InChI=1S/C16H17ClFNO/c1-10-4-7-16(20-3)15(8-10)19-11(2)12-5-6-13(17)14(18)9-12/h4-9,11,19H,1-3H3. The third-order valence-corrected chi connectivity index (χ3v) is 3.48. The van der Waals surface area contributed by atoms with Gasteiger partial charge in [0.2, 0.25) is 0 Å². The Morgan fingerprint density at radius 3 is 2.60 bits per heavy atom. The van der Waals surface area contributed by atoms with Crippen molar-refractivity contribution in [2.45, 2.75) is 19.9 Å². The van der Waals surface area contributed by atoms with Crippen molar-refractivity contribution in [1.29, 1.82) is 0 Å². The molecule has 4 heteroatoms. The first-order valence-electron chi connectivity index (χ1n) is 6.37. The van der Waals surface area contributed by atoms with E-state index in [0.717, 1.165) is 22.6 Å². The second kappa shape index (κ2) is 6.14. The number of nitrogens with one attached hydrogen (secondary N) is 1. The van der Waals surface area contributed by atoms with Crippen molar-refractivity contribution in [3.63, 3.8) is 0 Å². The highest BCUT2D eigenvalue weighted by Crippen LogP contribution is 2.30. The molecule has 0 aliphatic carbocycles. The van der Waals surface area contributed by atoms with Gasteiger partial charge in [-0.3, -0.25) is 0 Å². The van der Waals surface area contributed by atoms with Gasteiger partial charge in [0, 0.05) is 6.04 Å². The number of hydrogen-bond donors (Lipinski definition) is 1. The summed E-state index contributed by atoms with van der Waals surface area (Å²) >= 11 is 5.70. The summed E-state index contributed by atoms with van der Waals surface area (Å²) in [6.45, 7) is 3.97. The summed E-state index contributed by atoms with van der Waals surface area (Å²) in [5, 5.41) is 3.46. The molecule has 2 nitrogen and oxygen atoms in total. The minimum Gasteiger partial charge on any atom is -0.495 e. The lowest BCUT2D eigenvalue weighted by Gasteiger charge is -2.18. The number of methoxy groups -OCH3 is 1. The summed E-state index contributed by atoms with van der Waals surface area (Å²) < 4.78 is 18.8. The average Bonchev–Trinajstić information content (AvgIpc) is 2.42. The summed E-state index contributed by atoms with van der Waals surface area (Å²) in [6.07, 6.45) is 0. The van der Waals surface area contributed by atoms with Crippen LogP contribution in [0.25, 0.3) is 0 Å². The lowest BCUT2D eigenvalue weighted by Crippen LogP contribution is -2.08. The minimum atomic E-state index is -0.408. The lowest BCUT2D eigenvalue weighted by atomic mass is 10.1. The van der Waals surface area contributed by atoms with Crippen molar-refractivity contribution in [2.24, 2.45) is 0 Å². The van der Waals surface area contributed by atoms with Gasteiger partial charge in [0.05, 0.1) is 17.8 Å². The largest absolute Gasteiger partial charge is 0.495 e. The first-order chi connectivity index (χ1) is 9.51. The number of benzene rings is 2. The molecule has 0 fully saturated rings. The van der Waals surface area contributed by atoms with Crippen LogP contribution < -0.4 is 10.1 Å². The van der Waals surface area contributed by atoms with Gasteiger partial charge in [-0.05, 0) is 49.2 Å². The van der Waals surface area contributed by atoms with Crippen LogP contribution in [0.4, 0.5) is 10.1 Å². The zero-order valence-corrected chi connectivity index (χ0v) is 12.5. The van der Waals surface area contributed by atoms with E-state index in [9.17, 15) is 4.39 Å². The zero-order chi connectivity index (χ0) is 14.7. The average molecular weight is 294 g/mol. The van der Waals surface area contributed by atoms with Gasteiger partial charge < -0.3 is 10.1 Å². The van der Waals surface area contributed by atoms with Crippen molar-refractivity contribution < 1.29 is 9.13 Å². The van der Waals surface area contributed by atoms with Gasteiger partial charge in [-0.15, -0.1) is 0 Å². The van der Waals surface area contributed by atoms with Crippen LogP contribution in [0.5, 0.6) is 5.75 Å². The Hall–Kier alpha value is -1.74. The maximum absolute atomic E-state index is 13.5. The number of aryl methyl sites for hydroxylation is 1. The highest BCUT2D eigenvalue weighted by molar-refractivity contribution is 6.30. The molecule has 2 aromatic rings. The molecule has 0 aromatic heterocycles. The fourth-order valence-corrected chi connectivity index (χ4v) is 2.15. The van der Waals surface area contributed by atoms with E-state index in [1.165, 1.54) is 6.07 Å². The molecule has 0 spiro atoms. The molecular weight excluding hydrogens is 277 g/mol. The van der Waals surface area contributed by atoms with Crippen molar-refractivity contribution >= 4 is 17.3 Å². The third-order valence-electron chi connectivity index (χ3n) is 3.17. The van der Waals surface area contributed by atoms with Crippen molar-refractivity contribution in [2.75, 3.05) is 12.4 Å². The maximum Gasteiger partial charge on any atom is 0.142 e. The number of ether oxygens (including phenoxy) is 1. The molecule has 1 unspecified atom stereocenters. The maximum atomic E-state index is 13.5. The van der Waals surface area contributed by atoms with Gasteiger partial charge in [-0.25, -0.2) is 4.39 Å². The number of anilines is 1. The topological polar surface area (TPSA) is 21.3 Å². The monoisotopic (exact) mass is 293 g/mol. The number of halogens is 2. The fraction of sp³-hybridized carbons (Fsp3) is 0.250. The fourth-order valence-electron chi connectivity index (χ4n) is 2.03. The molecule has 20 heavy (non-hydrogen) atoms. The van der Waals surface area contributed by atoms with E-state index in [-0.39, 0.29) is 11.1 Å². The molecule has 0 radical (unpaired) electrons. The van der Waals surface area contributed by atoms with E-state index >= 15 is 0 Å². The van der Waals surface area contributed by atoms with Crippen LogP contribution in [0.1, 0.15) is 24.1 Å². The Bertz CT molecular complexity index is 615. The predicted molar refractivity (Wildman–Crippen MR) is 81.2 cm³/mol. The highest BCUT2D eigenvalue weighted by Gasteiger charge is 2.11. The van der Waals surface area contributed by atoms with Crippen molar-refractivity contribution in [1.82, 2.24) is 0 Å². The Morgan fingerprint density at radius 1 is 1.20 bits per heavy atom. The van der Waals surface area contributed by atoms with Gasteiger partial charge >= 0.3 is 0 Å². The smallest absolute Gasteiger partial charge is 0.142 e. The molecular formula is C16H17ClFNO. The summed E-state index contributed by atoms with van der Waals surface area (Å²) in [4.78, 5) is 0. The van der Waals surface area contributed by atoms with Crippen LogP contribution in [-0.2, 0) is 0 Å². The molecule has 0 aliphatic rings. The number of hydrogen-bond acceptors (Lipinski definition) is 2. The van der Waals surface area contributed by atoms with Gasteiger partial charge in [0.15, 0.2) is 0 Å². The van der Waals surface area contributed by atoms with Crippen LogP contribution >= 0.6 is 11.6 Å². The Kier molecular flexibility index (Phi) is 4.50. The van der Waals surface area contributed by atoms with Crippen LogP contribution in [0.15, 0.2) is 36.4 Å². The SMILES string of the molecule is COc1ccc(C)cc1NC(C)c1ccc(Cl)c(F)c1. The Balaban J connectivity index is 2.24. The highest BCUT2D eigenvalue weighted by atomic mass is 35.5. The van der Waals surface area contributed by atoms with Gasteiger partial charge in [0.25, 0.3) is 0 Å². The molecule has 0 heterocycles. The van der Waals surface area contributed by atoms with E-state index in [1.54, 1.807) is 13.2 Å². The molecule has 1 atom stereocenters. The normalized spacial score (nSPS) is 12.1. The zero-order valence-electron chi connectivity index (χ0n) is 11.7. The first kappa shape index (κ1) is 14.7. The summed E-state index contributed by atoms with van der Waals surface area (Å²) in [6, 6.07) is 10.7. The summed E-state index contributed by atoms with van der Waals surface area (Å²) in [5.41, 5.74) is 2.84. The molecule has 0 saturated carbocycles. The van der Waals surface area contributed by atoms with E-state index in [1.807, 2.05) is 38.1 Å². The molecule has 2 aromatic carbocycles. The van der Waals surface area contributed by atoms with Gasteiger partial charge in [-0.1, -0.05) is 23.7 Å². The minimum absolute atomic E-state index is 0.0579. The van der Waals surface area contributed by atoms with E-state index in [2.05, 4.69) is 5.32 Å². The number of rotatable bonds is 4. The van der Waals surface area contributed by atoms with Gasteiger partial charge in [-0.2, -0.15) is 0 Å².